The van der Waals surface area contributed by atoms with E-state index in [1.165, 1.54) is 0 Å². The molecule has 0 aromatic rings. The lowest BCUT2D eigenvalue weighted by Gasteiger charge is -2.44. The third-order valence-corrected chi connectivity index (χ3v) is 2.07. The first-order chi connectivity index (χ1) is 6.99. The van der Waals surface area contributed by atoms with Crippen LogP contribution in [0.3, 0.4) is 0 Å². The van der Waals surface area contributed by atoms with Crippen molar-refractivity contribution in [3.05, 3.63) is 0 Å². The lowest BCUT2D eigenvalue weighted by Crippen LogP contribution is -2.52. The van der Waals surface area contributed by atoms with Gasteiger partial charge in [0.25, 0.3) is 0 Å². The molecule has 0 spiro atoms. The van der Waals surface area contributed by atoms with E-state index < -0.39 is 30.1 Å². The summed E-state index contributed by atoms with van der Waals surface area (Å²) in [6, 6.07) is 0. The Hall–Kier alpha value is -0.570. The van der Waals surface area contributed by atoms with Gasteiger partial charge in [0.2, 0.25) is 5.79 Å². The van der Waals surface area contributed by atoms with Crippen LogP contribution in [0.15, 0.2) is 0 Å². The largest absolute Gasteiger partial charge is 0.433 e. The molecule has 0 unspecified atom stereocenters. The molecule has 0 aliphatic carbocycles. The summed E-state index contributed by atoms with van der Waals surface area (Å²) in [5.41, 5.74) is -0.817. The maximum atomic E-state index is 11.4. The van der Waals surface area contributed by atoms with Crippen molar-refractivity contribution in [2.75, 3.05) is 0 Å². The minimum Gasteiger partial charge on any atom is -0.433 e. The summed E-state index contributed by atoms with van der Waals surface area (Å²) in [5, 5.41) is 0. The molecule has 2 atom stereocenters. The highest BCUT2D eigenvalue weighted by molar-refractivity contribution is 5.71. The highest BCUT2D eigenvalue weighted by atomic mass is 16.7. The van der Waals surface area contributed by atoms with Crippen LogP contribution in [0, 0.1) is 5.41 Å². The molecule has 76 valence electrons. The van der Waals surface area contributed by atoms with Crippen molar-refractivity contribution in [1.29, 1.82) is 0 Å². The number of carbonyl (C=O) groups is 1. The zero-order valence-corrected chi connectivity index (χ0v) is 8.51. The van der Waals surface area contributed by atoms with Crippen LogP contribution in [0.25, 0.3) is 0 Å². The smallest absolute Gasteiger partial charge is 0.310 e. The molecule has 13 heavy (non-hydrogen) atoms. The zero-order chi connectivity index (χ0) is 12.8. The van der Waals surface area contributed by atoms with Gasteiger partial charge in [-0.2, -0.15) is 0 Å². The van der Waals surface area contributed by atoms with E-state index in [0.717, 1.165) is 0 Å². The summed E-state index contributed by atoms with van der Waals surface area (Å²) < 4.78 is 33.1. The van der Waals surface area contributed by atoms with Crippen LogP contribution >= 0.6 is 0 Å². The lowest BCUT2D eigenvalue weighted by molar-refractivity contribution is -0.301. The minimum absolute atomic E-state index is 0.0912. The van der Waals surface area contributed by atoms with Gasteiger partial charge in [0.1, 0.15) is 0 Å². The average Bonchev–Trinajstić information content (AvgIpc) is 1.97. The molecule has 0 amide bonds. The number of esters is 1. The summed E-state index contributed by atoms with van der Waals surface area (Å²) in [6.45, 7) is 4.22. The van der Waals surface area contributed by atoms with Crippen LogP contribution in [-0.4, -0.2) is 17.9 Å². The van der Waals surface area contributed by atoms with Crippen LogP contribution in [0.5, 0.6) is 0 Å². The van der Waals surface area contributed by atoms with Gasteiger partial charge in [-0.1, -0.05) is 20.8 Å². The maximum absolute atomic E-state index is 11.4. The normalized spacial score (nSPS) is 40.2. The molecule has 1 aliphatic rings. The molecule has 1 aliphatic heterocycles. The first-order valence-corrected chi connectivity index (χ1v) is 4.39. The Balaban J connectivity index is 3.20. The number of ether oxygens (including phenoxy) is 2. The van der Waals surface area contributed by atoms with Gasteiger partial charge < -0.3 is 9.47 Å². The van der Waals surface area contributed by atoms with Gasteiger partial charge in [-0.15, -0.1) is 0 Å². The summed E-state index contributed by atoms with van der Waals surface area (Å²) in [6.07, 6.45) is -0.352. The number of hydrogen-bond acceptors (Lipinski definition) is 3. The zero-order valence-electron chi connectivity index (χ0n) is 11.5. The average molecular weight is 189 g/mol. The summed E-state index contributed by atoms with van der Waals surface area (Å²) in [5.74, 6) is -2.38. The minimum atomic E-state index is -2.50. The van der Waals surface area contributed by atoms with E-state index in [-0.39, 0.29) is 6.42 Å². The molecule has 3 nitrogen and oxygen atoms in total. The molecule has 1 fully saturated rings. The van der Waals surface area contributed by atoms with Crippen LogP contribution in [-0.2, 0) is 14.3 Å². The van der Waals surface area contributed by atoms with E-state index in [2.05, 4.69) is 0 Å². The molecule has 0 N–H and O–H groups in total. The SMILES string of the molecule is [2H]C([2H])([2H])[C@]1(C(C)(C)C)OC(=O)C[C@@H](C)O1. The van der Waals surface area contributed by atoms with E-state index in [4.69, 9.17) is 13.6 Å². The van der Waals surface area contributed by atoms with Crippen molar-refractivity contribution in [2.24, 2.45) is 5.41 Å². The Morgan fingerprint density at radius 2 is 2.23 bits per heavy atom. The number of rotatable bonds is 0. The molecule has 1 heterocycles. The predicted octanol–water partition coefficient (Wildman–Crippen LogP) is 2.10. The van der Waals surface area contributed by atoms with Crippen molar-refractivity contribution < 1.29 is 18.4 Å². The maximum Gasteiger partial charge on any atom is 0.310 e. The van der Waals surface area contributed by atoms with Crippen LogP contribution in [0.2, 0.25) is 0 Å². The van der Waals surface area contributed by atoms with Crippen LogP contribution < -0.4 is 0 Å². The van der Waals surface area contributed by atoms with Gasteiger partial charge in [0.05, 0.1) is 12.5 Å². The molecule has 0 saturated carbocycles. The highest BCUT2D eigenvalue weighted by Crippen LogP contribution is 2.38. The van der Waals surface area contributed by atoms with Crippen LogP contribution in [0.4, 0.5) is 0 Å². The van der Waals surface area contributed by atoms with E-state index >= 15 is 0 Å². The second kappa shape index (κ2) is 2.98. The fourth-order valence-corrected chi connectivity index (χ4v) is 1.12. The molecule has 1 saturated heterocycles. The molecular formula is C10H18O3. The van der Waals surface area contributed by atoms with Gasteiger partial charge in [0.15, 0.2) is 0 Å². The Labute approximate surface area is 83.6 Å². The highest BCUT2D eigenvalue weighted by Gasteiger charge is 2.46. The quantitative estimate of drug-likeness (QED) is 0.547. The topological polar surface area (TPSA) is 35.5 Å². The Morgan fingerprint density at radius 3 is 2.62 bits per heavy atom. The molecule has 0 bridgehead atoms. The fourth-order valence-electron chi connectivity index (χ4n) is 1.12. The molecule has 1 rings (SSSR count). The first kappa shape index (κ1) is 6.82. The number of hydrogen-bond donors (Lipinski definition) is 0. The molecule has 3 heteroatoms. The Bertz CT molecular complexity index is 277. The third kappa shape index (κ3) is 2.02. The number of cyclic esters (lactones) is 1. The van der Waals surface area contributed by atoms with Crippen LogP contribution in [0.1, 0.15) is 45.1 Å². The summed E-state index contributed by atoms with van der Waals surface area (Å²) >= 11 is 0. The monoisotopic (exact) mass is 189 g/mol. The van der Waals surface area contributed by atoms with Crippen molar-refractivity contribution >= 4 is 5.97 Å². The van der Waals surface area contributed by atoms with E-state index in [0.29, 0.717) is 0 Å². The fraction of sp³-hybridized carbons (Fsp3) is 0.900. The standard InChI is InChI=1S/C10H18O3/c1-7-6-8(11)13-10(5,12-7)9(2,3)4/h7H,6H2,1-5H3/t7-,10-/m1/s1/i5D3. The van der Waals surface area contributed by atoms with E-state index in [1.807, 2.05) is 0 Å². The van der Waals surface area contributed by atoms with Crippen molar-refractivity contribution in [2.45, 2.75) is 52.9 Å². The van der Waals surface area contributed by atoms with E-state index in [1.54, 1.807) is 27.7 Å². The second-order valence-corrected chi connectivity index (χ2v) is 4.47. The molecule has 0 radical (unpaired) electrons. The molecule has 0 aromatic heterocycles. The van der Waals surface area contributed by atoms with Gasteiger partial charge in [-0.25, -0.2) is 0 Å². The van der Waals surface area contributed by atoms with Crippen molar-refractivity contribution in [3.63, 3.8) is 0 Å². The summed E-state index contributed by atoms with van der Waals surface area (Å²) in [7, 11) is 0. The Morgan fingerprint density at radius 1 is 1.62 bits per heavy atom. The lowest BCUT2D eigenvalue weighted by atomic mass is 9.85. The third-order valence-electron chi connectivity index (χ3n) is 2.07. The number of carbonyl (C=O) groups excluding carboxylic acids is 1. The predicted molar refractivity (Wildman–Crippen MR) is 49.1 cm³/mol. The van der Waals surface area contributed by atoms with Gasteiger partial charge in [-0.05, 0) is 6.92 Å². The Kier molecular flexibility index (Phi) is 1.56. The van der Waals surface area contributed by atoms with Crippen molar-refractivity contribution in [1.82, 2.24) is 0 Å². The molecular weight excluding hydrogens is 168 g/mol. The second-order valence-electron chi connectivity index (χ2n) is 4.47. The first-order valence-electron chi connectivity index (χ1n) is 5.89. The van der Waals surface area contributed by atoms with Gasteiger partial charge in [-0.3, -0.25) is 4.79 Å². The van der Waals surface area contributed by atoms with Gasteiger partial charge in [0, 0.05) is 16.4 Å². The van der Waals surface area contributed by atoms with Crippen molar-refractivity contribution in [3.8, 4) is 0 Å². The summed E-state index contributed by atoms with van der Waals surface area (Å²) in [4.78, 5) is 11.4. The van der Waals surface area contributed by atoms with Gasteiger partial charge >= 0.3 is 5.97 Å². The molecule has 0 aromatic carbocycles. The van der Waals surface area contributed by atoms with E-state index in [9.17, 15) is 4.79 Å².